The van der Waals surface area contributed by atoms with Crippen LogP contribution >= 0.6 is 11.8 Å². The summed E-state index contributed by atoms with van der Waals surface area (Å²) < 4.78 is 0. The maximum atomic E-state index is 12.9. The summed E-state index contributed by atoms with van der Waals surface area (Å²) in [4.78, 5) is 47.3. The number of carbonyl (C=O) groups excluding carboxylic acids is 2. The minimum absolute atomic E-state index is 0.0775. The zero-order valence-corrected chi connectivity index (χ0v) is 16.8. The maximum Gasteiger partial charge on any atom is 0.352 e. The number of nitrogens with one attached hydrogen (secondary N) is 1. The zero-order valence-electron chi connectivity index (χ0n) is 16.0. The predicted molar refractivity (Wildman–Crippen MR) is 107 cm³/mol. The molecule has 2 aliphatic heterocycles. The molecule has 11 heteroatoms. The summed E-state index contributed by atoms with van der Waals surface area (Å²) in [6.45, 7) is 5.32. The molecule has 2 amide bonds. The average molecular weight is 419 g/mol. The standard InChI is InChI=1S/C18H21N5O5S/c1-8(2)28-22-13(10-5-4-6-12(19)20-10)15(24)21-14-16(25)23-11(18(26)27)7-9(3)29-17(14)23/h4-9,14,17H,1-3H3,(H2,19,20)(H,21,24)(H,26,27)/t9?,14?,17-/m0/s1. The molecule has 1 fully saturated rings. The number of aliphatic carboxylic acids is 1. The molecule has 0 aliphatic carbocycles. The Balaban J connectivity index is 1.82. The molecule has 2 aliphatic rings. The molecular formula is C18H21N5O5S. The van der Waals surface area contributed by atoms with Gasteiger partial charge in [0, 0.05) is 5.25 Å². The van der Waals surface area contributed by atoms with E-state index in [0.29, 0.717) is 0 Å². The minimum atomic E-state index is -1.18. The van der Waals surface area contributed by atoms with Gasteiger partial charge in [0.05, 0.1) is 0 Å². The first-order chi connectivity index (χ1) is 13.7. The first-order valence-corrected chi connectivity index (χ1v) is 9.84. The molecule has 0 saturated carbocycles. The largest absolute Gasteiger partial charge is 0.477 e. The van der Waals surface area contributed by atoms with Crippen LogP contribution in [0, 0.1) is 0 Å². The van der Waals surface area contributed by atoms with Crippen LogP contribution in [0.1, 0.15) is 26.5 Å². The summed E-state index contributed by atoms with van der Waals surface area (Å²) in [5.74, 6) is -2.15. The van der Waals surface area contributed by atoms with Crippen molar-refractivity contribution in [3.05, 3.63) is 35.7 Å². The van der Waals surface area contributed by atoms with Crippen LogP contribution in [0.5, 0.6) is 0 Å². The summed E-state index contributed by atoms with van der Waals surface area (Å²) in [5.41, 5.74) is 5.69. The van der Waals surface area contributed by atoms with Crippen LogP contribution < -0.4 is 11.1 Å². The van der Waals surface area contributed by atoms with Crippen molar-refractivity contribution in [1.82, 2.24) is 15.2 Å². The lowest BCUT2D eigenvalue weighted by Gasteiger charge is -2.49. The number of aromatic nitrogens is 1. The normalized spacial score (nSPS) is 23.8. The summed E-state index contributed by atoms with van der Waals surface area (Å²) >= 11 is 1.38. The van der Waals surface area contributed by atoms with Crippen LogP contribution in [-0.2, 0) is 19.2 Å². The Bertz CT molecular complexity index is 916. The third kappa shape index (κ3) is 4.19. The van der Waals surface area contributed by atoms with E-state index in [2.05, 4.69) is 15.5 Å². The second-order valence-corrected chi connectivity index (χ2v) is 8.29. The van der Waals surface area contributed by atoms with Crippen LogP contribution in [0.3, 0.4) is 0 Å². The third-order valence-electron chi connectivity index (χ3n) is 4.14. The van der Waals surface area contributed by atoms with E-state index < -0.39 is 29.2 Å². The highest BCUT2D eigenvalue weighted by Gasteiger charge is 2.54. The number of thioether (sulfide) groups is 1. The van der Waals surface area contributed by atoms with E-state index in [4.69, 9.17) is 10.6 Å². The smallest absolute Gasteiger partial charge is 0.352 e. The molecule has 1 aromatic rings. The Labute approximate surface area is 171 Å². The molecule has 0 bridgehead atoms. The van der Waals surface area contributed by atoms with E-state index in [1.165, 1.54) is 22.7 Å². The first kappa shape index (κ1) is 20.6. The van der Waals surface area contributed by atoms with Gasteiger partial charge >= 0.3 is 5.97 Å². The van der Waals surface area contributed by atoms with Gasteiger partial charge in [-0.3, -0.25) is 14.5 Å². The number of nitrogen functional groups attached to an aromatic ring is 1. The Kier molecular flexibility index (Phi) is 5.78. The van der Waals surface area contributed by atoms with E-state index >= 15 is 0 Å². The molecule has 10 nitrogen and oxygen atoms in total. The molecule has 2 unspecified atom stereocenters. The molecule has 1 saturated heterocycles. The molecule has 3 heterocycles. The highest BCUT2D eigenvalue weighted by molar-refractivity contribution is 8.00. The molecule has 0 radical (unpaired) electrons. The van der Waals surface area contributed by atoms with Gasteiger partial charge in [-0.15, -0.1) is 11.8 Å². The number of carbonyl (C=O) groups is 3. The van der Waals surface area contributed by atoms with Gasteiger partial charge in [-0.25, -0.2) is 9.78 Å². The SMILES string of the molecule is CC(C)ON=C(C(=O)NC1C(=O)N2C(C(=O)O)=CC(C)S[C@@H]12)c1cccc(N)n1. The number of anilines is 1. The maximum absolute atomic E-state index is 12.9. The average Bonchev–Trinajstić information content (AvgIpc) is 2.65. The van der Waals surface area contributed by atoms with E-state index in [-0.39, 0.29) is 34.3 Å². The number of oxime groups is 1. The molecule has 29 heavy (non-hydrogen) atoms. The lowest BCUT2D eigenvalue weighted by Crippen LogP contribution is -2.71. The fraction of sp³-hybridized carbons (Fsp3) is 0.389. The first-order valence-electron chi connectivity index (χ1n) is 8.90. The number of hydrogen-bond donors (Lipinski definition) is 3. The van der Waals surface area contributed by atoms with Gasteiger partial charge in [-0.1, -0.05) is 11.2 Å². The molecule has 4 N–H and O–H groups in total. The number of nitrogens with two attached hydrogens (primary N) is 1. The van der Waals surface area contributed by atoms with Crippen LogP contribution in [0.25, 0.3) is 0 Å². The number of β-lactam (4-membered cyclic amide) rings is 1. The Morgan fingerprint density at radius 1 is 1.41 bits per heavy atom. The van der Waals surface area contributed by atoms with Gasteiger partial charge in [-0.05, 0) is 39.0 Å². The highest BCUT2D eigenvalue weighted by atomic mass is 32.2. The van der Waals surface area contributed by atoms with E-state index in [9.17, 15) is 19.5 Å². The number of rotatable bonds is 6. The fourth-order valence-electron chi connectivity index (χ4n) is 2.88. The number of nitrogens with zero attached hydrogens (tertiary/aromatic N) is 3. The molecule has 3 rings (SSSR count). The van der Waals surface area contributed by atoms with Crippen molar-refractivity contribution in [1.29, 1.82) is 0 Å². The van der Waals surface area contributed by atoms with Gasteiger partial charge in [0.25, 0.3) is 11.8 Å². The fourth-order valence-corrected chi connectivity index (χ4v) is 4.21. The Morgan fingerprint density at radius 3 is 2.76 bits per heavy atom. The monoisotopic (exact) mass is 419 g/mol. The quantitative estimate of drug-likeness (QED) is 0.344. The second-order valence-electron chi connectivity index (χ2n) is 6.79. The number of carboxylic acid groups (broad SMARTS) is 1. The van der Waals surface area contributed by atoms with E-state index in [0.717, 1.165) is 0 Å². The number of pyridine rings is 1. The van der Waals surface area contributed by atoms with Crippen molar-refractivity contribution in [2.75, 3.05) is 5.73 Å². The van der Waals surface area contributed by atoms with Gasteiger partial charge in [-0.2, -0.15) is 0 Å². The van der Waals surface area contributed by atoms with E-state index in [1.54, 1.807) is 32.0 Å². The number of amides is 2. The van der Waals surface area contributed by atoms with Crippen LogP contribution in [0.2, 0.25) is 0 Å². The molecular weight excluding hydrogens is 398 g/mol. The molecule has 0 aromatic carbocycles. The zero-order chi connectivity index (χ0) is 21.3. The number of fused-ring (bicyclic) bond motifs is 1. The van der Waals surface area contributed by atoms with Crippen molar-refractivity contribution in [3.8, 4) is 0 Å². The van der Waals surface area contributed by atoms with Gasteiger partial charge in [0.1, 0.15) is 34.7 Å². The Hall–Kier alpha value is -3.08. The molecule has 3 atom stereocenters. The molecule has 1 aromatic heterocycles. The van der Waals surface area contributed by atoms with E-state index in [1.807, 2.05) is 6.92 Å². The van der Waals surface area contributed by atoms with Crippen molar-refractivity contribution in [3.63, 3.8) is 0 Å². The highest BCUT2D eigenvalue weighted by Crippen LogP contribution is 2.40. The van der Waals surface area contributed by atoms with Gasteiger partial charge in [0.15, 0.2) is 5.71 Å². The van der Waals surface area contributed by atoms with Crippen molar-refractivity contribution in [2.24, 2.45) is 5.16 Å². The lowest BCUT2D eigenvalue weighted by atomic mass is 10.0. The summed E-state index contributed by atoms with van der Waals surface area (Å²) in [5, 5.41) is 15.2. The topological polar surface area (TPSA) is 147 Å². The summed E-state index contributed by atoms with van der Waals surface area (Å²) in [6.07, 6.45) is 1.23. The van der Waals surface area contributed by atoms with Crippen LogP contribution in [0.15, 0.2) is 35.1 Å². The summed E-state index contributed by atoms with van der Waals surface area (Å²) in [7, 11) is 0. The molecule has 154 valence electrons. The third-order valence-corrected chi connectivity index (χ3v) is 5.47. The second kappa shape index (κ2) is 8.11. The van der Waals surface area contributed by atoms with Gasteiger partial charge < -0.3 is 21.0 Å². The Morgan fingerprint density at radius 2 is 2.14 bits per heavy atom. The molecule has 0 spiro atoms. The minimum Gasteiger partial charge on any atom is -0.477 e. The lowest BCUT2D eigenvalue weighted by molar-refractivity contribution is -0.150. The number of hydrogen-bond acceptors (Lipinski definition) is 8. The van der Waals surface area contributed by atoms with Crippen molar-refractivity contribution >= 4 is 41.1 Å². The van der Waals surface area contributed by atoms with Gasteiger partial charge in [0.2, 0.25) is 0 Å². The van der Waals surface area contributed by atoms with Crippen molar-refractivity contribution < 1.29 is 24.3 Å². The van der Waals surface area contributed by atoms with Crippen LogP contribution in [0.4, 0.5) is 5.82 Å². The van der Waals surface area contributed by atoms with Crippen molar-refractivity contribution in [2.45, 2.75) is 43.5 Å². The summed E-state index contributed by atoms with van der Waals surface area (Å²) in [6, 6.07) is 3.85. The van der Waals surface area contributed by atoms with Crippen LogP contribution in [-0.4, -0.2) is 61.3 Å². The number of carboxylic acids is 1. The predicted octanol–water partition coefficient (Wildman–Crippen LogP) is 0.550.